The first kappa shape index (κ1) is 20.6. The van der Waals surface area contributed by atoms with E-state index in [1.165, 1.54) is 0 Å². The third-order valence-electron chi connectivity index (χ3n) is 5.25. The average Bonchev–Trinajstić information content (AvgIpc) is 2.75. The lowest BCUT2D eigenvalue weighted by Gasteiger charge is -2.19. The van der Waals surface area contributed by atoms with E-state index >= 15 is 0 Å². The molecule has 0 N–H and O–H groups in total. The molecule has 0 aliphatic heterocycles. The van der Waals surface area contributed by atoms with Crippen molar-refractivity contribution >= 4 is 16.9 Å². The van der Waals surface area contributed by atoms with Crippen LogP contribution in [0, 0.1) is 6.92 Å². The van der Waals surface area contributed by atoms with Crippen molar-refractivity contribution in [2.75, 3.05) is 0 Å². The van der Waals surface area contributed by atoms with Gasteiger partial charge in [0.25, 0.3) is 0 Å². The van der Waals surface area contributed by atoms with Gasteiger partial charge in [0.2, 0.25) is 11.2 Å². The molecule has 1 heterocycles. The molecule has 4 heteroatoms. The van der Waals surface area contributed by atoms with Crippen LogP contribution in [0.1, 0.15) is 42.3 Å². The molecule has 0 fully saturated rings. The fourth-order valence-corrected chi connectivity index (χ4v) is 3.37. The Morgan fingerprint density at radius 1 is 0.871 bits per heavy atom. The molecular weight excluding hydrogens is 388 g/mol. The molecular formula is C27H24O4. The van der Waals surface area contributed by atoms with Crippen LogP contribution in [0.25, 0.3) is 22.3 Å². The minimum Gasteiger partial charge on any atom is -0.452 e. The van der Waals surface area contributed by atoms with Gasteiger partial charge < -0.3 is 9.15 Å². The second-order valence-electron chi connectivity index (χ2n) is 8.67. The predicted octanol–water partition coefficient (Wildman–Crippen LogP) is 6.29. The van der Waals surface area contributed by atoms with Crippen LogP contribution in [-0.4, -0.2) is 5.97 Å². The van der Waals surface area contributed by atoms with E-state index in [-0.39, 0.29) is 22.4 Å². The van der Waals surface area contributed by atoms with Gasteiger partial charge in [-0.05, 0) is 42.2 Å². The third kappa shape index (κ3) is 4.15. The summed E-state index contributed by atoms with van der Waals surface area (Å²) in [7, 11) is 0. The zero-order valence-corrected chi connectivity index (χ0v) is 18.1. The Morgan fingerprint density at radius 3 is 2.16 bits per heavy atom. The van der Waals surface area contributed by atoms with Crippen LogP contribution in [-0.2, 0) is 5.41 Å². The summed E-state index contributed by atoms with van der Waals surface area (Å²) in [5.41, 5.74) is 3.27. The van der Waals surface area contributed by atoms with Gasteiger partial charge in [-0.2, -0.15) is 0 Å². The summed E-state index contributed by atoms with van der Waals surface area (Å²) in [6.45, 7) is 8.33. The normalized spacial score (nSPS) is 11.5. The van der Waals surface area contributed by atoms with Crippen LogP contribution in [0.3, 0.4) is 0 Å². The Morgan fingerprint density at radius 2 is 1.52 bits per heavy atom. The molecule has 4 aromatic rings. The summed E-state index contributed by atoms with van der Waals surface area (Å²) in [5, 5.41) is 0.365. The van der Waals surface area contributed by atoms with Crippen molar-refractivity contribution in [1.29, 1.82) is 0 Å². The maximum atomic E-state index is 13.2. The average molecular weight is 412 g/mol. The maximum absolute atomic E-state index is 13.2. The minimum absolute atomic E-state index is 0.0104. The molecule has 3 aromatic carbocycles. The number of para-hydroxylation sites is 1. The third-order valence-corrected chi connectivity index (χ3v) is 5.25. The van der Waals surface area contributed by atoms with Gasteiger partial charge in [0.15, 0.2) is 5.76 Å². The van der Waals surface area contributed by atoms with Crippen LogP contribution < -0.4 is 10.2 Å². The van der Waals surface area contributed by atoms with Gasteiger partial charge in [0.05, 0.1) is 10.9 Å². The fourth-order valence-electron chi connectivity index (χ4n) is 3.37. The van der Waals surface area contributed by atoms with E-state index in [0.717, 1.165) is 11.1 Å². The van der Waals surface area contributed by atoms with E-state index in [1.807, 2.05) is 43.3 Å². The van der Waals surface area contributed by atoms with E-state index < -0.39 is 5.97 Å². The molecule has 31 heavy (non-hydrogen) atoms. The molecule has 0 amide bonds. The van der Waals surface area contributed by atoms with E-state index in [9.17, 15) is 9.59 Å². The Bertz CT molecular complexity index is 1300. The molecule has 0 saturated carbocycles. The van der Waals surface area contributed by atoms with Crippen LogP contribution in [0.15, 0.2) is 82.0 Å². The number of carbonyl (C=O) groups is 1. The molecule has 0 aliphatic carbocycles. The van der Waals surface area contributed by atoms with Crippen LogP contribution >= 0.6 is 0 Å². The minimum atomic E-state index is -0.602. The maximum Gasteiger partial charge on any atom is 0.343 e. The van der Waals surface area contributed by atoms with Crippen molar-refractivity contribution in [3.63, 3.8) is 0 Å². The number of rotatable bonds is 3. The number of hydrogen-bond donors (Lipinski definition) is 0. The Balaban J connectivity index is 1.85. The van der Waals surface area contributed by atoms with Gasteiger partial charge in [0.1, 0.15) is 5.58 Å². The lowest BCUT2D eigenvalue weighted by molar-refractivity contribution is 0.0731. The van der Waals surface area contributed by atoms with Crippen molar-refractivity contribution < 1.29 is 13.9 Å². The Kier molecular flexibility index (Phi) is 5.24. The van der Waals surface area contributed by atoms with Gasteiger partial charge in [-0.15, -0.1) is 0 Å². The first-order valence-corrected chi connectivity index (χ1v) is 10.2. The largest absolute Gasteiger partial charge is 0.452 e. The highest BCUT2D eigenvalue weighted by Gasteiger charge is 2.22. The molecule has 156 valence electrons. The highest BCUT2D eigenvalue weighted by atomic mass is 16.5. The van der Waals surface area contributed by atoms with Crippen LogP contribution in [0.4, 0.5) is 0 Å². The molecule has 0 radical (unpaired) electrons. The lowest BCUT2D eigenvalue weighted by Crippen LogP contribution is -2.16. The first-order valence-electron chi connectivity index (χ1n) is 10.2. The summed E-state index contributed by atoms with van der Waals surface area (Å²) in [4.78, 5) is 26.0. The van der Waals surface area contributed by atoms with Gasteiger partial charge >= 0.3 is 5.97 Å². The standard InChI is InChI=1S/C27H24O4/c1-17-9-11-19(12-10-17)26(29)31-25-23(28)21-7-5-6-8-22(21)30-24(25)18-13-15-20(16-14-18)27(2,3)4/h5-16H,1-4H3. The van der Waals surface area contributed by atoms with E-state index in [1.54, 1.807) is 36.4 Å². The fraction of sp³-hybridized carbons (Fsp3) is 0.185. The Hall–Kier alpha value is -3.66. The molecule has 0 unspecified atom stereocenters. The number of ether oxygens (including phenoxy) is 1. The molecule has 0 saturated heterocycles. The predicted molar refractivity (Wildman–Crippen MR) is 123 cm³/mol. The van der Waals surface area contributed by atoms with Gasteiger partial charge in [-0.1, -0.05) is 74.9 Å². The number of esters is 1. The number of aryl methyl sites for hydroxylation is 1. The van der Waals surface area contributed by atoms with E-state index in [4.69, 9.17) is 9.15 Å². The highest BCUT2D eigenvalue weighted by molar-refractivity contribution is 5.93. The van der Waals surface area contributed by atoms with Crippen molar-refractivity contribution in [2.45, 2.75) is 33.1 Å². The van der Waals surface area contributed by atoms with Crippen molar-refractivity contribution in [2.24, 2.45) is 0 Å². The zero-order chi connectivity index (χ0) is 22.2. The Labute approximate surface area is 181 Å². The van der Waals surface area contributed by atoms with E-state index in [2.05, 4.69) is 20.8 Å². The van der Waals surface area contributed by atoms with Crippen molar-refractivity contribution in [3.05, 3.63) is 99.7 Å². The monoisotopic (exact) mass is 412 g/mol. The summed E-state index contributed by atoms with van der Waals surface area (Å²) >= 11 is 0. The number of hydrogen-bond acceptors (Lipinski definition) is 4. The zero-order valence-electron chi connectivity index (χ0n) is 18.1. The molecule has 1 aromatic heterocycles. The molecule has 4 rings (SSSR count). The molecule has 0 atom stereocenters. The van der Waals surface area contributed by atoms with Gasteiger partial charge in [-0.3, -0.25) is 4.79 Å². The number of fused-ring (bicyclic) bond motifs is 1. The molecule has 0 spiro atoms. The quantitative estimate of drug-likeness (QED) is 0.371. The summed E-state index contributed by atoms with van der Waals surface area (Å²) < 4.78 is 11.7. The first-order chi connectivity index (χ1) is 14.7. The second kappa shape index (κ2) is 7.88. The van der Waals surface area contributed by atoms with Crippen LogP contribution in [0.2, 0.25) is 0 Å². The summed E-state index contributed by atoms with van der Waals surface area (Å²) in [6.07, 6.45) is 0. The summed E-state index contributed by atoms with van der Waals surface area (Å²) in [6, 6.07) is 21.7. The van der Waals surface area contributed by atoms with Crippen molar-refractivity contribution in [3.8, 4) is 17.1 Å². The smallest absolute Gasteiger partial charge is 0.343 e. The van der Waals surface area contributed by atoms with Gasteiger partial charge in [-0.25, -0.2) is 4.79 Å². The molecule has 0 aliphatic rings. The lowest BCUT2D eigenvalue weighted by atomic mass is 9.86. The second-order valence-corrected chi connectivity index (χ2v) is 8.67. The van der Waals surface area contributed by atoms with E-state index in [0.29, 0.717) is 22.1 Å². The number of benzene rings is 3. The topological polar surface area (TPSA) is 56.5 Å². The summed E-state index contributed by atoms with van der Waals surface area (Å²) in [5.74, 6) is -0.465. The molecule has 0 bridgehead atoms. The van der Waals surface area contributed by atoms with Gasteiger partial charge in [0, 0.05) is 5.56 Å². The SMILES string of the molecule is Cc1ccc(C(=O)Oc2c(-c3ccc(C(C)(C)C)cc3)oc3ccccc3c2=O)cc1. The van der Waals surface area contributed by atoms with Crippen LogP contribution in [0.5, 0.6) is 5.75 Å². The highest BCUT2D eigenvalue weighted by Crippen LogP contribution is 2.33. The van der Waals surface area contributed by atoms with Crippen molar-refractivity contribution in [1.82, 2.24) is 0 Å². The number of carbonyl (C=O) groups excluding carboxylic acids is 1. The molecule has 4 nitrogen and oxygen atoms in total.